The van der Waals surface area contributed by atoms with E-state index in [-0.39, 0.29) is 4.91 Å². The molecule has 1 heterocycles. The third-order valence-corrected chi connectivity index (χ3v) is 4.96. The molecule has 28 heavy (non-hydrogen) atoms. The second-order valence-corrected chi connectivity index (χ2v) is 7.12. The maximum Gasteiger partial charge on any atom is 0.294 e. The lowest BCUT2D eigenvalue weighted by molar-refractivity contribution is -0.127. The van der Waals surface area contributed by atoms with Crippen LogP contribution in [-0.4, -0.2) is 35.6 Å². The highest BCUT2D eigenvalue weighted by atomic mass is 35.5. The van der Waals surface area contributed by atoms with Crippen LogP contribution in [-0.2, 0) is 9.59 Å². The number of nitrogens with zero attached hydrogens (tertiary/aromatic N) is 1. The fourth-order valence-electron chi connectivity index (χ4n) is 2.47. The van der Waals surface area contributed by atoms with Gasteiger partial charge in [-0.25, -0.2) is 4.39 Å². The van der Waals surface area contributed by atoms with Crippen molar-refractivity contribution in [1.29, 1.82) is 0 Å². The van der Waals surface area contributed by atoms with Gasteiger partial charge in [0.25, 0.3) is 11.1 Å². The van der Waals surface area contributed by atoms with Crippen LogP contribution in [0.5, 0.6) is 5.75 Å². The van der Waals surface area contributed by atoms with E-state index in [0.29, 0.717) is 33.8 Å². The van der Waals surface area contributed by atoms with E-state index in [1.165, 1.54) is 37.5 Å². The third kappa shape index (κ3) is 4.52. The molecule has 9 heteroatoms. The first-order chi connectivity index (χ1) is 13.4. The Morgan fingerprint density at radius 1 is 1.29 bits per heavy atom. The maximum absolute atomic E-state index is 13.3. The molecule has 144 valence electrons. The summed E-state index contributed by atoms with van der Waals surface area (Å²) in [6, 6.07) is 10.3. The van der Waals surface area contributed by atoms with Gasteiger partial charge in [0.15, 0.2) is 0 Å². The first-order valence-corrected chi connectivity index (χ1v) is 9.21. The summed E-state index contributed by atoms with van der Waals surface area (Å²) < 4.78 is 18.3. The Morgan fingerprint density at radius 3 is 2.75 bits per heavy atom. The zero-order valence-electron chi connectivity index (χ0n) is 14.6. The number of ether oxygens (including phenoxy) is 1. The molecule has 3 rings (SSSR count). The summed E-state index contributed by atoms with van der Waals surface area (Å²) >= 11 is 6.70. The second kappa shape index (κ2) is 8.45. The van der Waals surface area contributed by atoms with Crippen molar-refractivity contribution in [3.8, 4) is 5.75 Å². The molecule has 1 fully saturated rings. The van der Waals surface area contributed by atoms with Crippen LogP contribution >= 0.6 is 23.4 Å². The molecule has 2 aromatic rings. The van der Waals surface area contributed by atoms with Crippen LogP contribution in [0.4, 0.5) is 14.9 Å². The fourth-order valence-corrected chi connectivity index (χ4v) is 3.57. The predicted octanol–water partition coefficient (Wildman–Crippen LogP) is 4.16. The minimum atomic E-state index is -0.609. The molecule has 0 spiro atoms. The number of carbonyl (C=O) groups is 3. The summed E-state index contributed by atoms with van der Waals surface area (Å²) in [6.07, 6.45) is 1.41. The van der Waals surface area contributed by atoms with Crippen LogP contribution in [0.3, 0.4) is 0 Å². The highest BCUT2D eigenvalue weighted by molar-refractivity contribution is 8.18. The Bertz CT molecular complexity index is 996. The van der Waals surface area contributed by atoms with Crippen LogP contribution in [0.1, 0.15) is 5.56 Å². The Kier molecular flexibility index (Phi) is 6.01. The number of carbonyl (C=O) groups excluding carboxylic acids is 3. The first-order valence-electron chi connectivity index (χ1n) is 8.01. The minimum Gasteiger partial charge on any atom is -0.495 e. The van der Waals surface area contributed by atoms with E-state index in [1.807, 2.05) is 0 Å². The molecule has 0 unspecified atom stereocenters. The Morgan fingerprint density at radius 2 is 2.07 bits per heavy atom. The van der Waals surface area contributed by atoms with Crippen molar-refractivity contribution in [2.75, 3.05) is 19.0 Å². The fraction of sp³-hybridized carbons (Fsp3) is 0.105. The highest BCUT2D eigenvalue weighted by Crippen LogP contribution is 2.32. The number of hydrogen-bond acceptors (Lipinski definition) is 5. The maximum atomic E-state index is 13.3. The summed E-state index contributed by atoms with van der Waals surface area (Å²) in [6.45, 7) is -0.450. The molecule has 2 aromatic carbocycles. The predicted molar refractivity (Wildman–Crippen MR) is 106 cm³/mol. The van der Waals surface area contributed by atoms with E-state index >= 15 is 0 Å². The number of halogens is 2. The number of rotatable bonds is 5. The Hall–Kier alpha value is -2.84. The monoisotopic (exact) mass is 420 g/mol. The highest BCUT2D eigenvalue weighted by Gasteiger charge is 2.36. The molecule has 1 aliphatic heterocycles. The molecule has 0 aliphatic carbocycles. The average Bonchev–Trinajstić information content (AvgIpc) is 2.89. The van der Waals surface area contributed by atoms with Crippen LogP contribution in [0.25, 0.3) is 6.08 Å². The van der Waals surface area contributed by atoms with Gasteiger partial charge < -0.3 is 10.1 Å². The average molecular weight is 421 g/mol. The van der Waals surface area contributed by atoms with Gasteiger partial charge in [-0.3, -0.25) is 19.3 Å². The van der Waals surface area contributed by atoms with Gasteiger partial charge in [0.2, 0.25) is 5.91 Å². The van der Waals surface area contributed by atoms with Crippen molar-refractivity contribution in [3.63, 3.8) is 0 Å². The van der Waals surface area contributed by atoms with E-state index in [1.54, 1.807) is 18.2 Å². The second-order valence-electron chi connectivity index (χ2n) is 5.72. The van der Waals surface area contributed by atoms with Gasteiger partial charge in [-0.1, -0.05) is 23.7 Å². The normalized spacial score (nSPS) is 15.2. The summed E-state index contributed by atoms with van der Waals surface area (Å²) in [7, 11) is 1.47. The topological polar surface area (TPSA) is 75.7 Å². The van der Waals surface area contributed by atoms with E-state index in [4.69, 9.17) is 16.3 Å². The van der Waals surface area contributed by atoms with Gasteiger partial charge >= 0.3 is 0 Å². The summed E-state index contributed by atoms with van der Waals surface area (Å²) in [4.78, 5) is 37.7. The lowest BCUT2D eigenvalue weighted by Crippen LogP contribution is -2.36. The number of anilines is 1. The smallest absolute Gasteiger partial charge is 0.294 e. The van der Waals surface area contributed by atoms with Gasteiger partial charge in [-0.15, -0.1) is 0 Å². The number of hydrogen-bond donors (Lipinski definition) is 1. The molecule has 1 N–H and O–H groups in total. The molecule has 0 aromatic heterocycles. The lowest BCUT2D eigenvalue weighted by Gasteiger charge is -2.13. The summed E-state index contributed by atoms with van der Waals surface area (Å²) in [5.41, 5.74) is 0.848. The van der Waals surface area contributed by atoms with Crippen LogP contribution in [0.2, 0.25) is 5.02 Å². The standard InChI is InChI=1S/C19H14ClFN2O4S/c1-27-15-6-5-13(9-14(15)20)22-17(24)10-23-18(25)16(28-19(23)26)8-11-3-2-4-12(21)7-11/h2-9H,10H2,1H3,(H,22,24)/b16-8+. The van der Waals surface area contributed by atoms with Gasteiger partial charge in [0.1, 0.15) is 18.1 Å². The Labute approximate surface area is 169 Å². The molecule has 1 saturated heterocycles. The van der Waals surface area contributed by atoms with E-state index in [9.17, 15) is 18.8 Å². The molecule has 0 radical (unpaired) electrons. The van der Waals surface area contributed by atoms with Crippen LogP contribution in [0, 0.1) is 5.82 Å². The number of methoxy groups -OCH3 is 1. The number of thioether (sulfide) groups is 1. The van der Waals surface area contributed by atoms with Crippen LogP contribution < -0.4 is 10.1 Å². The molecule has 6 nitrogen and oxygen atoms in total. The molecule has 3 amide bonds. The van der Waals surface area contributed by atoms with Crippen molar-refractivity contribution < 1.29 is 23.5 Å². The first kappa shape index (κ1) is 19.9. The summed E-state index contributed by atoms with van der Waals surface area (Å²) in [5.74, 6) is -1.17. The van der Waals surface area contributed by atoms with E-state index < -0.39 is 29.4 Å². The van der Waals surface area contributed by atoms with Crippen molar-refractivity contribution in [1.82, 2.24) is 4.90 Å². The number of imide groups is 1. The molecule has 1 aliphatic rings. The lowest BCUT2D eigenvalue weighted by atomic mass is 10.2. The van der Waals surface area contributed by atoms with Gasteiger partial charge in [-0.05, 0) is 53.7 Å². The van der Waals surface area contributed by atoms with E-state index in [0.717, 1.165) is 4.90 Å². The molecule has 0 atom stereocenters. The van der Waals surface area contributed by atoms with E-state index in [2.05, 4.69) is 5.32 Å². The SMILES string of the molecule is COc1ccc(NC(=O)CN2C(=O)S/C(=C/c3cccc(F)c3)C2=O)cc1Cl. The molecule has 0 saturated carbocycles. The van der Waals surface area contributed by atoms with Crippen molar-refractivity contribution in [2.45, 2.75) is 0 Å². The number of benzene rings is 2. The zero-order valence-corrected chi connectivity index (χ0v) is 16.1. The van der Waals surface area contributed by atoms with Crippen molar-refractivity contribution >= 4 is 52.2 Å². The van der Waals surface area contributed by atoms with Gasteiger partial charge in [0, 0.05) is 5.69 Å². The number of amides is 3. The molecule has 0 bridgehead atoms. The summed E-state index contributed by atoms with van der Waals surface area (Å²) in [5, 5.41) is 2.31. The molecular formula is C19H14ClFN2O4S. The number of nitrogens with one attached hydrogen (secondary N) is 1. The van der Waals surface area contributed by atoms with Crippen LogP contribution in [0.15, 0.2) is 47.4 Å². The van der Waals surface area contributed by atoms with Gasteiger partial charge in [0.05, 0.1) is 17.0 Å². The third-order valence-electron chi connectivity index (χ3n) is 3.76. The van der Waals surface area contributed by atoms with Gasteiger partial charge in [-0.2, -0.15) is 0 Å². The quantitative estimate of drug-likeness (QED) is 0.735. The minimum absolute atomic E-state index is 0.121. The van der Waals surface area contributed by atoms with Crippen molar-refractivity contribution in [3.05, 3.63) is 63.8 Å². The largest absolute Gasteiger partial charge is 0.495 e. The van der Waals surface area contributed by atoms with Crippen molar-refractivity contribution in [2.24, 2.45) is 0 Å². The Balaban J connectivity index is 1.68. The zero-order chi connectivity index (χ0) is 20.3. The molecular weight excluding hydrogens is 407 g/mol.